The van der Waals surface area contributed by atoms with Crippen molar-refractivity contribution in [1.82, 2.24) is 0 Å². The topological polar surface area (TPSA) is 40.5 Å². The lowest BCUT2D eigenvalue weighted by atomic mass is 9.71. The maximum absolute atomic E-state index is 13.8. The summed E-state index contributed by atoms with van der Waals surface area (Å²) in [7, 11) is 0. The second kappa shape index (κ2) is 5.76. The highest BCUT2D eigenvalue weighted by molar-refractivity contribution is 5.51. The van der Waals surface area contributed by atoms with Crippen LogP contribution in [0.1, 0.15) is 23.6 Å². The fourth-order valence-electron chi connectivity index (χ4n) is 2.89. The van der Waals surface area contributed by atoms with Crippen LogP contribution in [0.2, 0.25) is 0 Å². The Labute approximate surface area is 134 Å². The van der Waals surface area contributed by atoms with E-state index < -0.39 is 5.41 Å². The van der Waals surface area contributed by atoms with Crippen LogP contribution in [0.3, 0.4) is 0 Å². The molecule has 0 aliphatic heterocycles. The third kappa shape index (κ3) is 2.78. The van der Waals surface area contributed by atoms with Gasteiger partial charge >= 0.3 is 0 Å². The van der Waals surface area contributed by atoms with Gasteiger partial charge in [-0.25, -0.2) is 4.39 Å². The number of halogens is 1. The van der Waals surface area contributed by atoms with Gasteiger partial charge < -0.3 is 10.2 Å². The molecule has 0 aliphatic carbocycles. The molecule has 3 heteroatoms. The van der Waals surface area contributed by atoms with E-state index in [4.69, 9.17) is 0 Å². The lowest BCUT2D eigenvalue weighted by molar-refractivity contribution is 0.474. The van der Waals surface area contributed by atoms with E-state index in [1.807, 2.05) is 37.3 Å². The molecule has 3 aromatic rings. The summed E-state index contributed by atoms with van der Waals surface area (Å²) in [6.45, 7) is 2.00. The standard InChI is InChI=1S/C20H17FO2/c1-20(14-5-9-18(22)10-6-14,15-7-11-19(23)12-8-15)16-3-2-4-17(21)13-16/h2-13,22-23H,1H3. The minimum Gasteiger partial charge on any atom is -0.508 e. The molecule has 2 N–H and O–H groups in total. The van der Waals surface area contributed by atoms with Gasteiger partial charge in [-0.2, -0.15) is 0 Å². The van der Waals surface area contributed by atoms with Crippen molar-refractivity contribution in [2.24, 2.45) is 0 Å². The van der Waals surface area contributed by atoms with Gasteiger partial charge in [0.1, 0.15) is 17.3 Å². The van der Waals surface area contributed by atoms with E-state index in [-0.39, 0.29) is 17.3 Å². The Morgan fingerprint density at radius 3 is 1.61 bits per heavy atom. The van der Waals surface area contributed by atoms with E-state index in [1.165, 1.54) is 12.1 Å². The molecule has 0 saturated heterocycles. The summed E-state index contributed by atoms with van der Waals surface area (Å²) in [4.78, 5) is 0. The lowest BCUT2D eigenvalue weighted by Gasteiger charge is -2.32. The molecule has 0 unspecified atom stereocenters. The Morgan fingerprint density at radius 1 is 0.696 bits per heavy atom. The average molecular weight is 308 g/mol. The van der Waals surface area contributed by atoms with Crippen LogP contribution >= 0.6 is 0 Å². The Kier molecular flexibility index (Phi) is 3.78. The average Bonchev–Trinajstić information content (AvgIpc) is 2.55. The van der Waals surface area contributed by atoms with Crippen molar-refractivity contribution >= 4 is 0 Å². The van der Waals surface area contributed by atoms with Crippen molar-refractivity contribution in [3.63, 3.8) is 0 Å². The summed E-state index contributed by atoms with van der Waals surface area (Å²) < 4.78 is 13.8. The zero-order valence-electron chi connectivity index (χ0n) is 12.7. The van der Waals surface area contributed by atoms with Gasteiger partial charge in [0.2, 0.25) is 0 Å². The van der Waals surface area contributed by atoms with Gasteiger partial charge in [-0.05, 0) is 60.0 Å². The van der Waals surface area contributed by atoms with E-state index in [1.54, 1.807) is 30.3 Å². The predicted molar refractivity (Wildman–Crippen MR) is 88.2 cm³/mol. The predicted octanol–water partition coefficient (Wildman–Crippen LogP) is 4.59. The fraction of sp³-hybridized carbons (Fsp3) is 0.100. The van der Waals surface area contributed by atoms with E-state index in [9.17, 15) is 14.6 Å². The second-order valence-corrected chi connectivity index (χ2v) is 5.73. The lowest BCUT2D eigenvalue weighted by Crippen LogP contribution is -2.25. The van der Waals surface area contributed by atoms with Crippen LogP contribution in [0, 0.1) is 5.82 Å². The first-order valence-corrected chi connectivity index (χ1v) is 7.35. The number of benzene rings is 3. The van der Waals surface area contributed by atoms with Crippen LogP contribution in [0.25, 0.3) is 0 Å². The molecule has 0 atom stereocenters. The minimum atomic E-state index is -0.608. The molecule has 0 radical (unpaired) electrons. The van der Waals surface area contributed by atoms with Gasteiger partial charge in [0, 0.05) is 5.41 Å². The van der Waals surface area contributed by atoms with Crippen LogP contribution in [0.5, 0.6) is 11.5 Å². The fourth-order valence-corrected chi connectivity index (χ4v) is 2.89. The normalized spacial score (nSPS) is 11.4. The molecule has 0 saturated carbocycles. The maximum atomic E-state index is 13.8. The Hall–Kier alpha value is -2.81. The van der Waals surface area contributed by atoms with Crippen molar-refractivity contribution in [3.05, 3.63) is 95.3 Å². The number of phenols is 2. The molecular formula is C20H17FO2. The summed E-state index contributed by atoms with van der Waals surface area (Å²) in [5, 5.41) is 19.1. The molecule has 0 fully saturated rings. The highest BCUT2D eigenvalue weighted by Crippen LogP contribution is 2.39. The van der Waals surface area contributed by atoms with Crippen LogP contribution in [0.15, 0.2) is 72.8 Å². The molecule has 0 amide bonds. The Morgan fingerprint density at radius 2 is 1.17 bits per heavy atom. The number of phenolic OH excluding ortho intramolecular Hbond substituents is 2. The van der Waals surface area contributed by atoms with Crippen molar-refractivity contribution in [2.45, 2.75) is 12.3 Å². The first-order valence-electron chi connectivity index (χ1n) is 7.35. The molecule has 0 bridgehead atoms. The molecule has 3 aromatic carbocycles. The van der Waals surface area contributed by atoms with E-state index >= 15 is 0 Å². The summed E-state index contributed by atoms with van der Waals surface area (Å²) in [6, 6.07) is 20.3. The molecule has 3 rings (SSSR count). The zero-order chi connectivity index (χ0) is 16.4. The van der Waals surface area contributed by atoms with E-state index in [0.717, 1.165) is 16.7 Å². The summed E-state index contributed by atoms with van der Waals surface area (Å²) >= 11 is 0. The van der Waals surface area contributed by atoms with Gasteiger partial charge in [-0.3, -0.25) is 0 Å². The number of hydrogen-bond donors (Lipinski definition) is 2. The molecule has 0 aromatic heterocycles. The molecule has 0 heterocycles. The third-order valence-corrected chi connectivity index (χ3v) is 4.29. The van der Waals surface area contributed by atoms with Gasteiger partial charge in [0.25, 0.3) is 0 Å². The summed E-state index contributed by atoms with van der Waals surface area (Å²) in [5.41, 5.74) is 2.04. The van der Waals surface area contributed by atoms with Crippen LogP contribution in [-0.4, -0.2) is 10.2 Å². The van der Waals surface area contributed by atoms with Crippen LogP contribution in [0.4, 0.5) is 4.39 Å². The molecule has 0 aliphatic rings. The smallest absolute Gasteiger partial charge is 0.123 e. The number of hydrogen-bond acceptors (Lipinski definition) is 2. The molecular weight excluding hydrogens is 291 g/mol. The van der Waals surface area contributed by atoms with E-state index in [2.05, 4.69) is 0 Å². The minimum absolute atomic E-state index is 0.182. The van der Waals surface area contributed by atoms with Crippen molar-refractivity contribution in [1.29, 1.82) is 0 Å². The first kappa shape index (κ1) is 15.1. The van der Waals surface area contributed by atoms with Gasteiger partial charge in [-0.1, -0.05) is 36.4 Å². The molecule has 0 spiro atoms. The van der Waals surface area contributed by atoms with Crippen molar-refractivity contribution < 1.29 is 14.6 Å². The van der Waals surface area contributed by atoms with E-state index in [0.29, 0.717) is 0 Å². The molecule has 2 nitrogen and oxygen atoms in total. The second-order valence-electron chi connectivity index (χ2n) is 5.73. The Bertz CT molecular complexity index is 762. The SMILES string of the molecule is CC(c1ccc(O)cc1)(c1ccc(O)cc1)c1cccc(F)c1. The maximum Gasteiger partial charge on any atom is 0.123 e. The van der Waals surface area contributed by atoms with Crippen molar-refractivity contribution in [3.8, 4) is 11.5 Å². The molecule has 23 heavy (non-hydrogen) atoms. The quantitative estimate of drug-likeness (QED) is 0.695. The van der Waals surface area contributed by atoms with Crippen LogP contribution < -0.4 is 0 Å². The van der Waals surface area contributed by atoms with Gasteiger partial charge in [0.15, 0.2) is 0 Å². The largest absolute Gasteiger partial charge is 0.508 e. The summed E-state index contributed by atoms with van der Waals surface area (Å²) in [5.74, 6) is 0.0633. The number of aromatic hydroxyl groups is 2. The molecule has 116 valence electrons. The zero-order valence-corrected chi connectivity index (χ0v) is 12.7. The highest BCUT2D eigenvalue weighted by Gasteiger charge is 2.31. The Balaban J connectivity index is 2.24. The van der Waals surface area contributed by atoms with Crippen LogP contribution in [-0.2, 0) is 5.41 Å². The summed E-state index contributed by atoms with van der Waals surface area (Å²) in [6.07, 6.45) is 0. The van der Waals surface area contributed by atoms with Crippen molar-refractivity contribution in [2.75, 3.05) is 0 Å². The number of rotatable bonds is 3. The highest BCUT2D eigenvalue weighted by atomic mass is 19.1. The first-order chi connectivity index (χ1) is 11.0. The van der Waals surface area contributed by atoms with Gasteiger partial charge in [-0.15, -0.1) is 0 Å². The third-order valence-electron chi connectivity index (χ3n) is 4.29. The monoisotopic (exact) mass is 308 g/mol. The van der Waals surface area contributed by atoms with Gasteiger partial charge in [0.05, 0.1) is 0 Å².